The molecule has 2 rings (SSSR count). The number of hydrogen-bond donors (Lipinski definition) is 1. The molecule has 0 saturated heterocycles. The van der Waals surface area contributed by atoms with Crippen molar-refractivity contribution in [1.82, 2.24) is 0 Å². The van der Waals surface area contributed by atoms with Gasteiger partial charge in [0, 0.05) is 11.0 Å². The molecule has 0 heterocycles. The number of halogens is 1. The number of benzene rings is 1. The van der Waals surface area contributed by atoms with Crippen LogP contribution in [0.1, 0.15) is 50.2 Å². The van der Waals surface area contributed by atoms with E-state index in [1.807, 2.05) is 0 Å². The third-order valence-electron chi connectivity index (χ3n) is 3.61. The molecule has 1 aromatic rings. The molecule has 0 amide bonds. The summed E-state index contributed by atoms with van der Waals surface area (Å²) in [5.41, 5.74) is 7.05. The van der Waals surface area contributed by atoms with Crippen LogP contribution in [0.5, 0.6) is 0 Å². The first kappa shape index (κ1) is 14.0. The summed E-state index contributed by atoms with van der Waals surface area (Å²) in [6, 6.07) is 8.29. The number of ether oxygens (including phenoxy) is 1. The van der Waals surface area contributed by atoms with Crippen molar-refractivity contribution in [2.45, 2.75) is 50.7 Å². The van der Waals surface area contributed by atoms with Gasteiger partial charge in [-0.15, -0.1) is 0 Å². The summed E-state index contributed by atoms with van der Waals surface area (Å²) < 4.78 is 7.30. The predicted molar refractivity (Wildman–Crippen MR) is 78.5 cm³/mol. The summed E-state index contributed by atoms with van der Waals surface area (Å²) in [6.45, 7) is 0.554. The molecule has 2 N–H and O–H groups in total. The van der Waals surface area contributed by atoms with Crippen LogP contribution in [0.2, 0.25) is 0 Å². The summed E-state index contributed by atoms with van der Waals surface area (Å²) in [7, 11) is 0. The monoisotopic (exact) mass is 311 g/mol. The van der Waals surface area contributed by atoms with Gasteiger partial charge in [-0.1, -0.05) is 53.7 Å². The van der Waals surface area contributed by atoms with Gasteiger partial charge in [-0.2, -0.15) is 0 Å². The molecule has 0 aromatic heterocycles. The van der Waals surface area contributed by atoms with E-state index < -0.39 is 0 Å². The first-order valence-corrected chi connectivity index (χ1v) is 7.70. The maximum absolute atomic E-state index is 6.21. The first-order valence-electron chi connectivity index (χ1n) is 6.90. The first-order chi connectivity index (χ1) is 8.79. The van der Waals surface area contributed by atoms with E-state index >= 15 is 0 Å². The molecule has 0 radical (unpaired) electrons. The molecule has 3 heteroatoms. The lowest BCUT2D eigenvalue weighted by Crippen LogP contribution is -2.22. The minimum atomic E-state index is 0.0428. The quantitative estimate of drug-likeness (QED) is 0.846. The maximum Gasteiger partial charge on any atom is 0.0950 e. The summed E-state index contributed by atoms with van der Waals surface area (Å²) in [6.07, 6.45) is 8.10. The highest BCUT2D eigenvalue weighted by molar-refractivity contribution is 9.10. The van der Waals surface area contributed by atoms with E-state index in [4.69, 9.17) is 10.5 Å². The van der Waals surface area contributed by atoms with E-state index in [1.165, 1.54) is 44.1 Å². The Morgan fingerprint density at radius 3 is 2.28 bits per heavy atom. The Labute approximate surface area is 118 Å². The number of hydrogen-bond acceptors (Lipinski definition) is 2. The fourth-order valence-electron chi connectivity index (χ4n) is 2.56. The van der Waals surface area contributed by atoms with Gasteiger partial charge in [0.1, 0.15) is 0 Å². The Morgan fingerprint density at radius 1 is 1.11 bits per heavy atom. The van der Waals surface area contributed by atoms with Crippen LogP contribution in [0.4, 0.5) is 0 Å². The fraction of sp³-hybridized carbons (Fsp3) is 0.600. The van der Waals surface area contributed by atoms with Crippen molar-refractivity contribution in [1.29, 1.82) is 0 Å². The molecule has 0 bridgehead atoms. The molecular weight excluding hydrogens is 290 g/mol. The second-order valence-electron chi connectivity index (χ2n) is 5.03. The van der Waals surface area contributed by atoms with E-state index in [0.717, 1.165) is 4.47 Å². The molecule has 18 heavy (non-hydrogen) atoms. The Bertz CT molecular complexity index is 344. The van der Waals surface area contributed by atoms with Crippen LogP contribution in [0.3, 0.4) is 0 Å². The average Bonchev–Trinajstić information content (AvgIpc) is 2.66. The van der Waals surface area contributed by atoms with Gasteiger partial charge in [-0.3, -0.25) is 0 Å². The Hall–Kier alpha value is -0.380. The largest absolute Gasteiger partial charge is 0.369 e. The number of nitrogens with two attached hydrogens (primary N) is 1. The molecule has 1 aromatic carbocycles. The zero-order chi connectivity index (χ0) is 12.8. The maximum atomic E-state index is 6.21. The molecule has 0 aliphatic heterocycles. The zero-order valence-corrected chi connectivity index (χ0v) is 12.4. The average molecular weight is 312 g/mol. The minimum Gasteiger partial charge on any atom is -0.369 e. The van der Waals surface area contributed by atoms with Crippen molar-refractivity contribution in [3.05, 3.63) is 34.3 Å². The molecule has 1 aliphatic rings. The minimum absolute atomic E-state index is 0.0428. The summed E-state index contributed by atoms with van der Waals surface area (Å²) in [4.78, 5) is 0. The van der Waals surface area contributed by atoms with E-state index in [9.17, 15) is 0 Å². The van der Waals surface area contributed by atoms with Crippen LogP contribution in [0, 0.1) is 0 Å². The van der Waals surface area contributed by atoms with Gasteiger partial charge in [0.05, 0.1) is 12.2 Å². The van der Waals surface area contributed by atoms with Gasteiger partial charge >= 0.3 is 0 Å². The van der Waals surface area contributed by atoms with Crippen molar-refractivity contribution in [2.24, 2.45) is 5.73 Å². The van der Waals surface area contributed by atoms with Crippen molar-refractivity contribution in [3.8, 4) is 0 Å². The molecule has 1 saturated carbocycles. The summed E-state index contributed by atoms with van der Waals surface area (Å²) in [5.74, 6) is 0. The molecule has 0 spiro atoms. The third kappa shape index (κ3) is 4.08. The zero-order valence-electron chi connectivity index (χ0n) is 10.8. The van der Waals surface area contributed by atoms with Crippen molar-refractivity contribution in [2.75, 3.05) is 6.54 Å². The van der Waals surface area contributed by atoms with Gasteiger partial charge in [0.15, 0.2) is 0 Å². The lowest BCUT2D eigenvalue weighted by molar-refractivity contribution is -0.0161. The summed E-state index contributed by atoms with van der Waals surface area (Å²) >= 11 is 3.45. The van der Waals surface area contributed by atoms with Crippen LogP contribution in [-0.4, -0.2) is 12.6 Å². The van der Waals surface area contributed by atoms with Crippen molar-refractivity contribution >= 4 is 15.9 Å². The van der Waals surface area contributed by atoms with Crippen LogP contribution in [0.15, 0.2) is 28.7 Å². The van der Waals surface area contributed by atoms with Gasteiger partial charge in [-0.05, 0) is 30.5 Å². The van der Waals surface area contributed by atoms with E-state index in [0.29, 0.717) is 12.6 Å². The third-order valence-corrected chi connectivity index (χ3v) is 4.14. The molecule has 2 nitrogen and oxygen atoms in total. The molecule has 1 atom stereocenters. The Morgan fingerprint density at radius 2 is 1.72 bits per heavy atom. The molecule has 100 valence electrons. The van der Waals surface area contributed by atoms with Crippen LogP contribution < -0.4 is 5.73 Å². The van der Waals surface area contributed by atoms with Crippen LogP contribution in [-0.2, 0) is 4.74 Å². The Balaban J connectivity index is 1.97. The lowest BCUT2D eigenvalue weighted by Gasteiger charge is -2.23. The molecular formula is C15H22BrNO. The van der Waals surface area contributed by atoms with Gasteiger partial charge in [0.25, 0.3) is 0 Å². The summed E-state index contributed by atoms with van der Waals surface area (Å²) in [5, 5.41) is 0. The smallest absolute Gasteiger partial charge is 0.0950 e. The lowest BCUT2D eigenvalue weighted by atomic mass is 10.1. The Kier molecular flexibility index (Phi) is 5.67. The van der Waals surface area contributed by atoms with Gasteiger partial charge in [-0.25, -0.2) is 0 Å². The normalized spacial score (nSPS) is 19.4. The van der Waals surface area contributed by atoms with Gasteiger partial charge in [0.2, 0.25) is 0 Å². The SMILES string of the molecule is NCC(OC1CCCCCC1)c1ccc(Br)cc1. The predicted octanol–water partition coefficient (Wildman–Crippen LogP) is 4.19. The van der Waals surface area contributed by atoms with E-state index in [2.05, 4.69) is 40.2 Å². The van der Waals surface area contributed by atoms with Crippen molar-refractivity contribution < 1.29 is 4.74 Å². The second kappa shape index (κ2) is 7.27. The van der Waals surface area contributed by atoms with E-state index in [1.54, 1.807) is 0 Å². The molecule has 1 aliphatic carbocycles. The fourth-order valence-corrected chi connectivity index (χ4v) is 2.82. The topological polar surface area (TPSA) is 35.2 Å². The standard InChI is InChI=1S/C15H22BrNO/c16-13-9-7-12(8-10-13)15(11-17)18-14-5-3-1-2-4-6-14/h7-10,14-15H,1-6,11,17H2. The van der Waals surface area contributed by atoms with Crippen molar-refractivity contribution in [3.63, 3.8) is 0 Å². The van der Waals surface area contributed by atoms with Gasteiger partial charge < -0.3 is 10.5 Å². The van der Waals surface area contributed by atoms with E-state index in [-0.39, 0.29) is 6.10 Å². The highest BCUT2D eigenvalue weighted by Gasteiger charge is 2.18. The second-order valence-corrected chi connectivity index (χ2v) is 5.94. The van der Waals surface area contributed by atoms with Crippen LogP contribution in [0.25, 0.3) is 0 Å². The highest BCUT2D eigenvalue weighted by Crippen LogP contribution is 2.26. The van der Waals surface area contributed by atoms with Crippen LogP contribution >= 0.6 is 15.9 Å². The highest BCUT2D eigenvalue weighted by atomic mass is 79.9. The molecule has 1 unspecified atom stereocenters. The molecule has 1 fully saturated rings. The number of rotatable bonds is 4.